The fourth-order valence-corrected chi connectivity index (χ4v) is 4.62. The number of aryl methyl sites for hydroxylation is 2. The van der Waals surface area contributed by atoms with Gasteiger partial charge in [0, 0.05) is 22.6 Å². The molecule has 2 fully saturated rings. The van der Waals surface area contributed by atoms with Crippen LogP contribution in [0.15, 0.2) is 16.6 Å². The summed E-state index contributed by atoms with van der Waals surface area (Å²) in [5.41, 5.74) is 3.95. The molecule has 1 aromatic rings. The molecule has 2 aliphatic heterocycles. The minimum Gasteiger partial charge on any atom is -0.381 e. The van der Waals surface area contributed by atoms with E-state index in [-0.39, 0.29) is 0 Å². The molecule has 2 heterocycles. The maximum absolute atomic E-state index is 3.79. The molecule has 2 bridgehead atoms. The Labute approximate surface area is 124 Å². The smallest absolute Gasteiger partial charge is 0.0516 e. The van der Waals surface area contributed by atoms with Crippen LogP contribution in [0.4, 0.5) is 5.69 Å². The number of benzene rings is 1. The molecule has 104 valence electrons. The molecule has 2 saturated heterocycles. The quantitative estimate of drug-likeness (QED) is 0.881. The number of hydrogen-bond acceptors (Lipinski definition) is 2. The lowest BCUT2D eigenvalue weighted by atomic mass is 9.97. The van der Waals surface area contributed by atoms with Crippen molar-refractivity contribution in [2.75, 3.05) is 12.4 Å². The fraction of sp³-hybridized carbons (Fsp3) is 0.625. The lowest BCUT2D eigenvalue weighted by Gasteiger charge is -2.37. The zero-order valence-electron chi connectivity index (χ0n) is 12.0. The van der Waals surface area contributed by atoms with Crippen molar-refractivity contribution in [3.63, 3.8) is 0 Å². The number of rotatable bonds is 2. The van der Waals surface area contributed by atoms with Gasteiger partial charge >= 0.3 is 0 Å². The number of hydrogen-bond donors (Lipinski definition) is 1. The SMILES string of the molecule is Cc1cc(C)c(NC2CC3CCC(C2)N3C)c(Br)c1. The van der Waals surface area contributed by atoms with Crippen LogP contribution in [0.5, 0.6) is 0 Å². The van der Waals surface area contributed by atoms with Gasteiger partial charge in [-0.25, -0.2) is 0 Å². The Morgan fingerprint density at radius 2 is 1.79 bits per heavy atom. The zero-order chi connectivity index (χ0) is 13.6. The number of fused-ring (bicyclic) bond motifs is 2. The van der Waals surface area contributed by atoms with Crippen LogP contribution in [0.25, 0.3) is 0 Å². The van der Waals surface area contributed by atoms with Gasteiger partial charge in [0.05, 0.1) is 5.69 Å². The van der Waals surface area contributed by atoms with E-state index in [1.54, 1.807) is 0 Å². The summed E-state index contributed by atoms with van der Waals surface area (Å²) in [6.45, 7) is 4.35. The van der Waals surface area contributed by atoms with Crippen molar-refractivity contribution in [2.24, 2.45) is 0 Å². The molecule has 0 spiro atoms. The highest BCUT2D eigenvalue weighted by Gasteiger charge is 2.38. The summed E-state index contributed by atoms with van der Waals surface area (Å²) in [5, 5.41) is 3.79. The highest BCUT2D eigenvalue weighted by molar-refractivity contribution is 9.10. The highest BCUT2D eigenvalue weighted by atomic mass is 79.9. The Morgan fingerprint density at radius 3 is 2.37 bits per heavy atom. The third-order valence-electron chi connectivity index (χ3n) is 4.88. The average Bonchev–Trinajstić information content (AvgIpc) is 2.58. The van der Waals surface area contributed by atoms with Crippen molar-refractivity contribution in [1.29, 1.82) is 0 Å². The van der Waals surface area contributed by atoms with Crippen molar-refractivity contribution in [2.45, 2.75) is 57.7 Å². The molecule has 3 heteroatoms. The summed E-state index contributed by atoms with van der Waals surface area (Å²) in [7, 11) is 2.30. The molecule has 1 N–H and O–H groups in total. The van der Waals surface area contributed by atoms with Crippen molar-refractivity contribution in [3.05, 3.63) is 27.7 Å². The van der Waals surface area contributed by atoms with Gasteiger partial charge in [0.2, 0.25) is 0 Å². The Bertz CT molecular complexity index is 449. The third-order valence-corrected chi connectivity index (χ3v) is 5.50. The number of nitrogens with zero attached hydrogens (tertiary/aromatic N) is 1. The van der Waals surface area contributed by atoms with E-state index >= 15 is 0 Å². The fourth-order valence-electron chi connectivity index (χ4n) is 3.83. The Morgan fingerprint density at radius 1 is 1.16 bits per heavy atom. The topological polar surface area (TPSA) is 15.3 Å². The Balaban J connectivity index is 1.76. The van der Waals surface area contributed by atoms with Crippen molar-refractivity contribution >= 4 is 21.6 Å². The highest BCUT2D eigenvalue weighted by Crippen LogP contribution is 2.37. The number of halogens is 1. The standard InChI is InChI=1S/C16H23BrN2/c1-10-6-11(2)16(15(17)7-10)18-12-8-13-4-5-14(9-12)19(13)3/h6-7,12-14,18H,4-5,8-9H2,1-3H3. The first-order valence-electron chi connectivity index (χ1n) is 7.30. The first-order chi connectivity index (χ1) is 9.04. The van der Waals surface area contributed by atoms with E-state index < -0.39 is 0 Å². The second-order valence-corrected chi connectivity index (χ2v) is 7.16. The van der Waals surface area contributed by atoms with Crippen molar-refractivity contribution < 1.29 is 0 Å². The molecule has 2 aliphatic rings. The Hall–Kier alpha value is -0.540. The van der Waals surface area contributed by atoms with Crippen LogP contribution < -0.4 is 5.32 Å². The molecule has 2 atom stereocenters. The van der Waals surface area contributed by atoms with E-state index in [4.69, 9.17) is 0 Å². The molecule has 2 nitrogen and oxygen atoms in total. The maximum atomic E-state index is 3.79. The van der Waals surface area contributed by atoms with Crippen molar-refractivity contribution in [3.8, 4) is 0 Å². The first kappa shape index (κ1) is 13.4. The van der Waals surface area contributed by atoms with E-state index in [0.29, 0.717) is 6.04 Å². The van der Waals surface area contributed by atoms with Crippen LogP contribution in [0.1, 0.15) is 36.8 Å². The second kappa shape index (κ2) is 5.10. The Kier molecular flexibility index (Phi) is 3.61. The van der Waals surface area contributed by atoms with Crippen LogP contribution >= 0.6 is 15.9 Å². The van der Waals surface area contributed by atoms with E-state index in [1.165, 1.54) is 47.0 Å². The summed E-state index contributed by atoms with van der Waals surface area (Å²) in [6, 6.07) is 6.68. The molecule has 3 rings (SSSR count). The predicted molar refractivity (Wildman–Crippen MR) is 84.8 cm³/mol. The molecule has 0 aliphatic carbocycles. The molecule has 1 aromatic carbocycles. The van der Waals surface area contributed by atoms with Crippen LogP contribution in [0.2, 0.25) is 0 Å². The summed E-state index contributed by atoms with van der Waals surface area (Å²) < 4.78 is 1.20. The minimum absolute atomic E-state index is 0.631. The van der Waals surface area contributed by atoms with E-state index in [0.717, 1.165) is 12.1 Å². The lowest BCUT2D eigenvalue weighted by Crippen LogP contribution is -2.44. The molecule has 19 heavy (non-hydrogen) atoms. The van der Waals surface area contributed by atoms with Crippen LogP contribution in [-0.2, 0) is 0 Å². The van der Waals surface area contributed by atoms with Gasteiger partial charge in [0.1, 0.15) is 0 Å². The number of anilines is 1. The normalized spacial score (nSPS) is 30.6. The van der Waals surface area contributed by atoms with Gasteiger partial charge in [-0.05, 0) is 79.7 Å². The third kappa shape index (κ3) is 2.55. The van der Waals surface area contributed by atoms with Crippen LogP contribution in [0, 0.1) is 13.8 Å². The van der Waals surface area contributed by atoms with Gasteiger partial charge in [-0.3, -0.25) is 0 Å². The largest absolute Gasteiger partial charge is 0.381 e. The molecule has 0 aromatic heterocycles. The monoisotopic (exact) mass is 322 g/mol. The summed E-state index contributed by atoms with van der Waals surface area (Å²) in [5.74, 6) is 0. The molecule has 2 unspecified atom stereocenters. The number of piperidine rings is 1. The van der Waals surface area contributed by atoms with Crippen molar-refractivity contribution in [1.82, 2.24) is 4.90 Å². The molecule has 0 amide bonds. The van der Waals surface area contributed by atoms with Gasteiger partial charge in [-0.2, -0.15) is 0 Å². The number of nitrogens with one attached hydrogen (secondary N) is 1. The average molecular weight is 323 g/mol. The lowest BCUT2D eigenvalue weighted by molar-refractivity contribution is 0.169. The summed E-state index contributed by atoms with van der Waals surface area (Å²) in [4.78, 5) is 2.59. The van der Waals surface area contributed by atoms with E-state index in [1.807, 2.05) is 0 Å². The molecular weight excluding hydrogens is 300 g/mol. The van der Waals surface area contributed by atoms with E-state index in [9.17, 15) is 0 Å². The van der Waals surface area contributed by atoms with Crippen LogP contribution in [-0.4, -0.2) is 30.1 Å². The zero-order valence-corrected chi connectivity index (χ0v) is 13.6. The van der Waals surface area contributed by atoms with Crippen LogP contribution in [0.3, 0.4) is 0 Å². The van der Waals surface area contributed by atoms with Gasteiger partial charge < -0.3 is 10.2 Å². The molecular formula is C16H23BrN2. The summed E-state index contributed by atoms with van der Waals surface area (Å²) >= 11 is 3.71. The van der Waals surface area contributed by atoms with Gasteiger partial charge in [-0.1, -0.05) is 6.07 Å². The molecule has 0 saturated carbocycles. The van der Waals surface area contributed by atoms with Gasteiger partial charge in [0.25, 0.3) is 0 Å². The second-order valence-electron chi connectivity index (χ2n) is 6.30. The van der Waals surface area contributed by atoms with Gasteiger partial charge in [-0.15, -0.1) is 0 Å². The maximum Gasteiger partial charge on any atom is 0.0516 e. The van der Waals surface area contributed by atoms with Gasteiger partial charge in [0.15, 0.2) is 0 Å². The summed E-state index contributed by atoms with van der Waals surface area (Å²) in [6.07, 6.45) is 5.33. The molecule has 0 radical (unpaired) electrons. The minimum atomic E-state index is 0.631. The van der Waals surface area contributed by atoms with E-state index in [2.05, 4.69) is 59.2 Å². The first-order valence-corrected chi connectivity index (χ1v) is 8.09. The predicted octanol–water partition coefficient (Wildman–Crippen LogP) is 4.10.